The summed E-state index contributed by atoms with van der Waals surface area (Å²) >= 11 is 0. The van der Waals surface area contributed by atoms with Crippen molar-refractivity contribution >= 4 is 0 Å². The summed E-state index contributed by atoms with van der Waals surface area (Å²) in [5.41, 5.74) is 1.88. The van der Waals surface area contributed by atoms with Gasteiger partial charge in [0.2, 0.25) is 0 Å². The molecule has 1 aliphatic heterocycles. The third-order valence-electron chi connectivity index (χ3n) is 4.16. The first-order chi connectivity index (χ1) is 11.3. The lowest BCUT2D eigenvalue weighted by atomic mass is 10.1. The zero-order valence-corrected chi connectivity index (χ0v) is 13.5. The minimum absolute atomic E-state index is 0.449. The monoisotopic (exact) mass is 310 g/mol. The van der Waals surface area contributed by atoms with Gasteiger partial charge in [-0.05, 0) is 24.6 Å². The topological polar surface area (TPSA) is 54.1 Å². The van der Waals surface area contributed by atoms with Gasteiger partial charge in [0.15, 0.2) is 0 Å². The van der Waals surface area contributed by atoms with Crippen LogP contribution in [0.15, 0.2) is 36.7 Å². The first-order valence-electron chi connectivity index (χ1n) is 8.07. The molecule has 1 aliphatic rings. The largest absolute Gasteiger partial charge is 0.381 e. The maximum atomic E-state index is 9.06. The molecule has 0 fully saturated rings. The second-order valence-electron chi connectivity index (χ2n) is 6.00. The van der Waals surface area contributed by atoms with Crippen LogP contribution >= 0.6 is 0 Å². The fourth-order valence-electron chi connectivity index (χ4n) is 3.13. The van der Waals surface area contributed by atoms with Crippen LogP contribution in [0.25, 0.3) is 0 Å². The van der Waals surface area contributed by atoms with E-state index in [1.54, 1.807) is 0 Å². The quantitative estimate of drug-likeness (QED) is 0.851. The number of imidazole rings is 1. The van der Waals surface area contributed by atoms with Crippen molar-refractivity contribution in [3.05, 3.63) is 53.6 Å². The van der Waals surface area contributed by atoms with Crippen LogP contribution in [-0.2, 0) is 24.4 Å². The van der Waals surface area contributed by atoms with E-state index in [-0.39, 0.29) is 0 Å². The summed E-state index contributed by atoms with van der Waals surface area (Å²) in [4.78, 5) is 6.88. The van der Waals surface area contributed by atoms with E-state index in [0.29, 0.717) is 11.5 Å². The molecule has 0 unspecified atom stereocenters. The Balaban J connectivity index is 1.76. The Kier molecular flexibility index (Phi) is 5.06. The Morgan fingerprint density at radius 1 is 1.39 bits per heavy atom. The number of ether oxygens (including phenoxy) is 1. The third kappa shape index (κ3) is 3.98. The normalized spacial score (nSPS) is 18.2. The molecule has 2 aromatic rings. The van der Waals surface area contributed by atoms with Gasteiger partial charge >= 0.3 is 0 Å². The van der Waals surface area contributed by atoms with Crippen LogP contribution in [0.2, 0.25) is 0 Å². The Morgan fingerprint density at radius 3 is 3.13 bits per heavy atom. The molecule has 0 radical (unpaired) electrons. The Bertz CT molecular complexity index is 688. The summed E-state index contributed by atoms with van der Waals surface area (Å²) in [6.07, 6.45) is 3.92. The first-order valence-corrected chi connectivity index (χ1v) is 8.07. The lowest BCUT2D eigenvalue weighted by Gasteiger charge is -2.23. The molecule has 0 bridgehead atoms. The van der Waals surface area contributed by atoms with Gasteiger partial charge in [0.1, 0.15) is 5.82 Å². The summed E-state index contributed by atoms with van der Waals surface area (Å²) in [7, 11) is 0. The van der Waals surface area contributed by atoms with Gasteiger partial charge in [-0.25, -0.2) is 4.98 Å². The Morgan fingerprint density at radius 2 is 2.30 bits per heavy atom. The zero-order chi connectivity index (χ0) is 16.1. The van der Waals surface area contributed by atoms with Crippen molar-refractivity contribution in [2.75, 3.05) is 19.8 Å². The van der Waals surface area contributed by atoms with Gasteiger partial charge in [0.25, 0.3) is 0 Å². The molecule has 1 atom stereocenters. The van der Waals surface area contributed by atoms with Crippen LogP contribution in [0.3, 0.4) is 0 Å². The van der Waals surface area contributed by atoms with E-state index in [2.05, 4.69) is 26.6 Å². The number of nitrogens with zero attached hydrogens (tertiary/aromatic N) is 4. The lowest BCUT2D eigenvalue weighted by Crippen LogP contribution is -2.30. The fraction of sp³-hybridized carbons (Fsp3) is 0.444. The van der Waals surface area contributed by atoms with Crippen LogP contribution in [0, 0.1) is 17.2 Å². The van der Waals surface area contributed by atoms with Crippen molar-refractivity contribution < 1.29 is 4.74 Å². The predicted octanol–water partition coefficient (Wildman–Crippen LogP) is 2.42. The molecular formula is C18H22N4O. The molecule has 2 heterocycles. The minimum Gasteiger partial charge on any atom is -0.381 e. The van der Waals surface area contributed by atoms with Gasteiger partial charge in [0, 0.05) is 44.6 Å². The molecule has 120 valence electrons. The van der Waals surface area contributed by atoms with E-state index >= 15 is 0 Å². The first kappa shape index (κ1) is 15.7. The predicted molar refractivity (Wildman–Crippen MR) is 87.5 cm³/mol. The van der Waals surface area contributed by atoms with E-state index in [4.69, 9.17) is 10.00 Å². The summed E-state index contributed by atoms with van der Waals surface area (Å²) in [5, 5.41) is 9.06. The van der Waals surface area contributed by atoms with Gasteiger partial charge in [0.05, 0.1) is 24.8 Å². The highest BCUT2D eigenvalue weighted by molar-refractivity contribution is 5.32. The minimum atomic E-state index is 0.449. The van der Waals surface area contributed by atoms with Crippen molar-refractivity contribution in [1.29, 1.82) is 5.26 Å². The number of nitriles is 1. The second kappa shape index (κ2) is 7.40. The highest BCUT2D eigenvalue weighted by atomic mass is 16.5. The van der Waals surface area contributed by atoms with Gasteiger partial charge in [-0.15, -0.1) is 0 Å². The highest BCUT2D eigenvalue weighted by Gasteiger charge is 2.22. The maximum absolute atomic E-state index is 9.06. The van der Waals surface area contributed by atoms with Crippen molar-refractivity contribution in [1.82, 2.24) is 14.5 Å². The number of benzene rings is 1. The van der Waals surface area contributed by atoms with Gasteiger partial charge < -0.3 is 9.30 Å². The summed E-state index contributed by atoms with van der Waals surface area (Å²) < 4.78 is 7.88. The molecule has 0 saturated heterocycles. The van der Waals surface area contributed by atoms with Crippen molar-refractivity contribution in [2.24, 2.45) is 5.92 Å². The molecule has 0 aliphatic carbocycles. The Labute approximate surface area is 137 Å². The van der Waals surface area contributed by atoms with Crippen LogP contribution in [0.4, 0.5) is 0 Å². The third-order valence-corrected chi connectivity index (χ3v) is 4.16. The maximum Gasteiger partial charge on any atom is 0.122 e. The van der Waals surface area contributed by atoms with Crippen LogP contribution in [-0.4, -0.2) is 34.2 Å². The number of hydrogen-bond donors (Lipinski definition) is 0. The number of rotatable bonds is 5. The average molecular weight is 310 g/mol. The van der Waals surface area contributed by atoms with Crippen LogP contribution in [0.5, 0.6) is 0 Å². The van der Waals surface area contributed by atoms with Crippen LogP contribution < -0.4 is 0 Å². The van der Waals surface area contributed by atoms with Gasteiger partial charge in [-0.3, -0.25) is 4.90 Å². The fourth-order valence-corrected chi connectivity index (χ4v) is 3.13. The van der Waals surface area contributed by atoms with E-state index in [9.17, 15) is 0 Å². The molecule has 0 saturated carbocycles. The number of hydrogen-bond acceptors (Lipinski definition) is 4. The van der Waals surface area contributed by atoms with Crippen molar-refractivity contribution in [3.8, 4) is 6.07 Å². The highest BCUT2D eigenvalue weighted by Crippen LogP contribution is 2.18. The number of fused-ring (bicyclic) bond motifs is 1. The van der Waals surface area contributed by atoms with Gasteiger partial charge in [-0.1, -0.05) is 12.1 Å². The smallest absolute Gasteiger partial charge is 0.122 e. The summed E-state index contributed by atoms with van der Waals surface area (Å²) in [6, 6.07) is 10.0. The molecular weight excluding hydrogens is 288 g/mol. The summed E-state index contributed by atoms with van der Waals surface area (Å²) in [6.45, 7) is 7.12. The standard InChI is InChI=1S/C18H22N4O/c1-2-23-14-17-11-21(13-18-20-6-7-22(18)12-17)10-16-5-3-4-15(8-16)9-19/h3-8,17H,2,10-14H2,1H3/t17-/m0/s1. The Hall–Kier alpha value is -2.16. The average Bonchev–Trinajstić information content (AvgIpc) is 2.92. The second-order valence-corrected chi connectivity index (χ2v) is 6.00. The van der Waals surface area contributed by atoms with E-state index < -0.39 is 0 Å². The van der Waals surface area contributed by atoms with E-state index in [0.717, 1.165) is 45.2 Å². The lowest BCUT2D eigenvalue weighted by molar-refractivity contribution is 0.0851. The molecule has 0 amide bonds. The zero-order valence-electron chi connectivity index (χ0n) is 13.5. The van der Waals surface area contributed by atoms with Crippen LogP contribution in [0.1, 0.15) is 23.9 Å². The number of aromatic nitrogens is 2. The molecule has 0 spiro atoms. The molecule has 23 heavy (non-hydrogen) atoms. The SMILES string of the molecule is CCOC[C@H]1CN(Cc2cccc(C#N)c2)Cc2nccn2C1. The molecule has 1 aromatic heterocycles. The molecule has 3 rings (SSSR count). The molecule has 0 N–H and O–H groups in total. The molecule has 5 heteroatoms. The molecule has 5 nitrogen and oxygen atoms in total. The van der Waals surface area contributed by atoms with Gasteiger partial charge in [-0.2, -0.15) is 5.26 Å². The van der Waals surface area contributed by atoms with E-state index in [1.807, 2.05) is 37.5 Å². The van der Waals surface area contributed by atoms with Crippen molar-refractivity contribution in [3.63, 3.8) is 0 Å². The summed E-state index contributed by atoms with van der Waals surface area (Å²) in [5.74, 6) is 1.55. The molecule has 1 aromatic carbocycles. The van der Waals surface area contributed by atoms with Crippen molar-refractivity contribution in [2.45, 2.75) is 26.6 Å². The van der Waals surface area contributed by atoms with E-state index in [1.165, 1.54) is 5.56 Å².